The fourth-order valence-corrected chi connectivity index (χ4v) is 6.29. The Labute approximate surface area is 242 Å². The van der Waals surface area contributed by atoms with Crippen molar-refractivity contribution in [2.45, 2.75) is 57.1 Å². The summed E-state index contributed by atoms with van der Waals surface area (Å²) in [6.45, 7) is 5.75. The van der Waals surface area contributed by atoms with Crippen LogP contribution < -0.4 is 9.47 Å². The molecule has 7 rings (SSSR count). The molecule has 2 atom stereocenters. The first-order chi connectivity index (χ1) is 19.9. The van der Waals surface area contributed by atoms with Gasteiger partial charge in [-0.05, 0) is 62.5 Å². The van der Waals surface area contributed by atoms with Gasteiger partial charge in [-0.3, -0.25) is 4.90 Å². The van der Waals surface area contributed by atoms with E-state index in [4.69, 9.17) is 30.8 Å². The van der Waals surface area contributed by atoms with Crippen LogP contribution in [-0.4, -0.2) is 45.2 Å². The van der Waals surface area contributed by atoms with Gasteiger partial charge in [0.1, 0.15) is 23.4 Å². The maximum absolute atomic E-state index is 14.8. The molecule has 0 radical (unpaired) electrons. The predicted octanol–water partition coefficient (Wildman–Crippen LogP) is 5.91. The predicted molar refractivity (Wildman–Crippen MR) is 150 cm³/mol. The first-order valence-corrected chi connectivity index (χ1v) is 14.3. The molecule has 0 spiro atoms. The summed E-state index contributed by atoms with van der Waals surface area (Å²) in [6, 6.07) is 14.3. The smallest absolute Gasteiger partial charge is 0.278 e. The summed E-state index contributed by atoms with van der Waals surface area (Å²) in [5, 5.41) is 9.63. The van der Waals surface area contributed by atoms with Gasteiger partial charge in [0.05, 0.1) is 42.0 Å². The first-order valence-electron chi connectivity index (χ1n) is 14.0. The zero-order chi connectivity index (χ0) is 28.1. The lowest BCUT2D eigenvalue weighted by Gasteiger charge is -2.33. The topological polar surface area (TPSA) is 85.4 Å². The maximum atomic E-state index is 14.8. The zero-order valence-electron chi connectivity index (χ0n) is 22.6. The monoisotopic (exact) mass is 573 g/mol. The highest BCUT2D eigenvalue weighted by Crippen LogP contribution is 2.49. The van der Waals surface area contributed by atoms with Crippen LogP contribution in [0.1, 0.15) is 54.7 Å². The summed E-state index contributed by atoms with van der Waals surface area (Å²) >= 11 is 5.97. The highest BCUT2D eigenvalue weighted by Gasteiger charge is 2.43. The third-order valence-corrected chi connectivity index (χ3v) is 8.67. The van der Waals surface area contributed by atoms with Crippen molar-refractivity contribution in [3.63, 3.8) is 0 Å². The minimum absolute atomic E-state index is 0.182. The summed E-state index contributed by atoms with van der Waals surface area (Å²) in [6.07, 6.45) is 4.85. The number of fused-ring (bicyclic) bond motifs is 2. The number of piperidine rings is 1. The number of benzene rings is 2. The molecule has 0 bridgehead atoms. The number of hydrogen-bond acceptors (Lipinski definition) is 7. The van der Waals surface area contributed by atoms with Crippen LogP contribution in [0.4, 0.5) is 4.39 Å². The van der Waals surface area contributed by atoms with Crippen LogP contribution in [0.5, 0.6) is 11.5 Å². The Morgan fingerprint density at radius 1 is 1.15 bits per heavy atom. The average Bonchev–Trinajstić information content (AvgIpc) is 3.47. The maximum Gasteiger partial charge on any atom is 0.278 e. The van der Waals surface area contributed by atoms with E-state index in [9.17, 15) is 9.65 Å². The number of ether oxygens (including phenoxy) is 3. The summed E-state index contributed by atoms with van der Waals surface area (Å²) < 4.78 is 35.2. The molecule has 2 aromatic heterocycles. The normalized spacial score (nSPS) is 22.5. The van der Waals surface area contributed by atoms with E-state index in [1.54, 1.807) is 31.3 Å². The van der Waals surface area contributed by atoms with Gasteiger partial charge in [-0.15, -0.1) is 0 Å². The molecule has 0 unspecified atom stereocenters. The number of aromatic nitrogens is 3. The average molecular weight is 574 g/mol. The first kappa shape index (κ1) is 26.2. The van der Waals surface area contributed by atoms with Crippen molar-refractivity contribution in [2.75, 3.05) is 19.7 Å². The van der Waals surface area contributed by atoms with Crippen molar-refractivity contribution in [3.8, 4) is 17.6 Å². The lowest BCUT2D eigenvalue weighted by atomic mass is 9.88. The molecule has 8 nitrogen and oxygen atoms in total. The number of pyridine rings is 1. The van der Waals surface area contributed by atoms with Crippen molar-refractivity contribution in [2.24, 2.45) is 0 Å². The largest absolute Gasteiger partial charge is 0.444 e. The summed E-state index contributed by atoms with van der Waals surface area (Å²) in [4.78, 5) is 11.6. The Kier molecular flexibility index (Phi) is 6.57. The molecule has 210 valence electrons. The van der Waals surface area contributed by atoms with Gasteiger partial charge in [0, 0.05) is 30.2 Å². The molecule has 3 aliphatic rings. The number of rotatable bonds is 6. The zero-order valence-corrected chi connectivity index (χ0v) is 23.4. The Bertz CT molecular complexity index is 1670. The number of hydrogen-bond donors (Lipinski definition) is 0. The van der Waals surface area contributed by atoms with E-state index in [1.807, 2.05) is 12.1 Å². The molecule has 2 fully saturated rings. The van der Waals surface area contributed by atoms with E-state index in [-0.39, 0.29) is 12.0 Å². The van der Waals surface area contributed by atoms with Crippen LogP contribution in [0.15, 0.2) is 48.7 Å². The molecule has 5 heterocycles. The Morgan fingerprint density at radius 2 is 1.98 bits per heavy atom. The number of nitrogens with zero attached hydrogens (tertiary/aromatic N) is 5. The molecule has 4 aromatic rings. The highest BCUT2D eigenvalue weighted by atomic mass is 35.5. The van der Waals surface area contributed by atoms with E-state index >= 15 is 0 Å². The second-order valence-electron chi connectivity index (χ2n) is 11.1. The summed E-state index contributed by atoms with van der Waals surface area (Å²) in [5.74, 6) is 0.829. The lowest BCUT2D eigenvalue weighted by molar-refractivity contribution is -0.0712. The van der Waals surface area contributed by atoms with Crippen LogP contribution in [0.25, 0.3) is 11.0 Å². The molecular weight excluding hydrogens is 545 g/mol. The standard InChI is InChI=1S/C31H29ClFN5O3/c1-31(24-6-5-20(32)13-25(24)33)40-28-4-2-3-23(30(28)41-31)19-7-10-37(11-8-19)18-29-36-26-14-21(15-34)35-16-27(26)38(29)17-22-9-12-39-22/h2-6,13-14,16,19,22H,7-12,17-18H2,1H3/t22-,31-/m0/s1. The summed E-state index contributed by atoms with van der Waals surface area (Å²) in [7, 11) is 0. The third-order valence-electron chi connectivity index (χ3n) is 8.43. The van der Waals surface area contributed by atoms with Gasteiger partial charge in [-0.2, -0.15) is 5.26 Å². The molecule has 0 amide bonds. The fourth-order valence-electron chi connectivity index (χ4n) is 6.13. The van der Waals surface area contributed by atoms with Crippen molar-refractivity contribution in [1.29, 1.82) is 5.26 Å². The second-order valence-corrected chi connectivity index (χ2v) is 11.5. The van der Waals surface area contributed by atoms with E-state index in [1.165, 1.54) is 6.07 Å². The molecule has 41 heavy (non-hydrogen) atoms. The quantitative estimate of drug-likeness (QED) is 0.283. The number of likely N-dealkylation sites (tertiary alicyclic amines) is 1. The third kappa shape index (κ3) is 4.80. The van der Waals surface area contributed by atoms with Crippen molar-refractivity contribution in [3.05, 3.63) is 82.1 Å². The van der Waals surface area contributed by atoms with Crippen molar-refractivity contribution < 1.29 is 18.6 Å². The van der Waals surface area contributed by atoms with Crippen molar-refractivity contribution in [1.82, 2.24) is 19.4 Å². The van der Waals surface area contributed by atoms with Crippen molar-refractivity contribution >= 4 is 22.6 Å². The molecule has 2 aromatic carbocycles. The van der Waals surface area contributed by atoms with E-state index < -0.39 is 11.6 Å². The molecule has 2 saturated heterocycles. The highest BCUT2D eigenvalue weighted by molar-refractivity contribution is 6.30. The van der Waals surface area contributed by atoms with Gasteiger partial charge < -0.3 is 18.8 Å². The Hall–Kier alpha value is -3.71. The molecule has 0 aliphatic carbocycles. The fraction of sp³-hybridized carbons (Fsp3) is 0.387. The second kappa shape index (κ2) is 10.3. The van der Waals surface area contributed by atoms with E-state index in [0.717, 1.165) is 67.9 Å². The van der Waals surface area contributed by atoms with Gasteiger partial charge in [-0.1, -0.05) is 23.7 Å². The molecular formula is C31H29ClFN5O3. The Morgan fingerprint density at radius 3 is 2.71 bits per heavy atom. The van der Waals surface area contributed by atoms with Crippen LogP contribution >= 0.6 is 11.6 Å². The Balaban J connectivity index is 1.08. The minimum Gasteiger partial charge on any atom is -0.444 e. The van der Waals surface area contributed by atoms with Gasteiger partial charge in [0.15, 0.2) is 11.5 Å². The lowest BCUT2D eigenvalue weighted by Crippen LogP contribution is -2.35. The number of halogens is 2. The van der Waals surface area contributed by atoms with Crippen LogP contribution in [0.2, 0.25) is 5.02 Å². The number of nitriles is 1. The SMILES string of the molecule is C[C@]1(c2ccc(Cl)cc2F)Oc2cccc(C3CCN(Cc4nc5cc(C#N)ncc5n4C[C@@H]4CCO4)CC3)c2O1. The molecule has 3 aliphatic heterocycles. The van der Waals surface area contributed by atoms with Gasteiger partial charge in [0.25, 0.3) is 5.79 Å². The van der Waals surface area contributed by atoms with Crippen LogP contribution in [0, 0.1) is 17.1 Å². The van der Waals surface area contributed by atoms with Crippen LogP contribution in [-0.2, 0) is 23.6 Å². The number of para-hydroxylation sites is 1. The van der Waals surface area contributed by atoms with Gasteiger partial charge in [0.2, 0.25) is 0 Å². The summed E-state index contributed by atoms with van der Waals surface area (Å²) in [5.41, 5.74) is 3.49. The number of imidazole rings is 1. The molecule has 10 heteroatoms. The van der Waals surface area contributed by atoms with Gasteiger partial charge >= 0.3 is 0 Å². The molecule has 0 saturated carbocycles. The molecule has 0 N–H and O–H groups in total. The van der Waals surface area contributed by atoms with Crippen LogP contribution in [0.3, 0.4) is 0 Å². The minimum atomic E-state index is -1.27. The van der Waals surface area contributed by atoms with E-state index in [2.05, 4.69) is 26.6 Å². The van der Waals surface area contributed by atoms with E-state index in [0.29, 0.717) is 34.3 Å². The van der Waals surface area contributed by atoms with Gasteiger partial charge in [-0.25, -0.2) is 14.4 Å².